The van der Waals surface area contributed by atoms with Crippen LogP contribution >= 0.6 is 15.2 Å². The molecule has 0 aliphatic rings. The predicted octanol–water partition coefficient (Wildman–Crippen LogP) is -2.07. The fraction of sp³-hybridized carbons (Fsp3) is 1.00. The lowest BCUT2D eigenvalue weighted by atomic mass is 10.4. The van der Waals surface area contributed by atoms with Crippen LogP contribution in [-0.2, 0) is 13.9 Å². The summed E-state index contributed by atoms with van der Waals surface area (Å²) in [5.41, 5.74) is 0. The molecule has 1 unspecified atom stereocenters. The van der Waals surface area contributed by atoms with Crippen LogP contribution in [0.5, 0.6) is 0 Å². The van der Waals surface area contributed by atoms with Gasteiger partial charge in [0.25, 0.3) is 0 Å². The number of hydrogen-bond donors (Lipinski definition) is 6. The maximum Gasteiger partial charge on any atom is 0.339 e. The van der Waals surface area contributed by atoms with Crippen LogP contribution in [0.2, 0.25) is 0 Å². The zero-order chi connectivity index (χ0) is 15.1. The topological polar surface area (TPSA) is 168 Å². The molecule has 12 heteroatoms. The van der Waals surface area contributed by atoms with Crippen molar-refractivity contribution >= 4 is 15.2 Å². The Morgan fingerprint density at radius 2 is 1.53 bits per heavy atom. The molecule has 0 heterocycles. The van der Waals surface area contributed by atoms with Crippen LogP contribution in [0.3, 0.4) is 0 Å². The normalized spacial score (nSPS) is 14.9. The molecule has 10 nitrogen and oxygen atoms in total. The van der Waals surface area contributed by atoms with Crippen LogP contribution < -0.4 is 0 Å². The van der Waals surface area contributed by atoms with Crippen molar-refractivity contribution in [1.82, 2.24) is 4.90 Å². The second-order valence-corrected chi connectivity index (χ2v) is 7.14. The molecule has 1 atom stereocenters. The van der Waals surface area contributed by atoms with Gasteiger partial charge in [0.1, 0.15) is 18.7 Å². The van der Waals surface area contributed by atoms with Crippen molar-refractivity contribution in [3.63, 3.8) is 0 Å². The van der Waals surface area contributed by atoms with Crippen molar-refractivity contribution in [2.45, 2.75) is 6.10 Å². The molecule has 0 spiro atoms. The third kappa shape index (κ3) is 12.9. The van der Waals surface area contributed by atoms with E-state index < -0.39 is 40.5 Å². The first kappa shape index (κ1) is 19.1. The molecular formula is C7H19NO9P2. The number of rotatable bonds is 10. The molecule has 6 N–H and O–H groups in total. The van der Waals surface area contributed by atoms with Gasteiger partial charge in [0.2, 0.25) is 0 Å². The van der Waals surface area contributed by atoms with Crippen molar-refractivity contribution in [2.24, 2.45) is 0 Å². The highest BCUT2D eigenvalue weighted by atomic mass is 31.2. The lowest BCUT2D eigenvalue weighted by molar-refractivity contribution is 0.00183. The second-order valence-electron chi connectivity index (χ2n) is 3.92. The summed E-state index contributed by atoms with van der Waals surface area (Å²) >= 11 is 0. The van der Waals surface area contributed by atoms with E-state index in [0.717, 1.165) is 4.90 Å². The third-order valence-corrected chi connectivity index (χ3v) is 3.38. The predicted molar refractivity (Wildman–Crippen MR) is 64.4 cm³/mol. The van der Waals surface area contributed by atoms with Crippen LogP contribution in [0.15, 0.2) is 0 Å². The Kier molecular flexibility index (Phi) is 8.49. The molecule has 0 rings (SSSR count). The minimum Gasteiger partial charge on any atom is -0.394 e. The van der Waals surface area contributed by atoms with Crippen molar-refractivity contribution < 1.29 is 43.7 Å². The SMILES string of the molecule is O=P(O)(O)CN(CCOCC(O)CO)CP(=O)(O)O. The van der Waals surface area contributed by atoms with Crippen molar-refractivity contribution in [3.8, 4) is 0 Å². The molecule has 19 heavy (non-hydrogen) atoms. The number of aliphatic hydroxyl groups excluding tert-OH is 2. The highest BCUT2D eigenvalue weighted by Gasteiger charge is 2.25. The van der Waals surface area contributed by atoms with E-state index >= 15 is 0 Å². The first-order chi connectivity index (χ1) is 8.53. The van der Waals surface area contributed by atoms with E-state index in [1.807, 2.05) is 0 Å². The Hall–Kier alpha value is 0.140. The van der Waals surface area contributed by atoms with E-state index in [1.165, 1.54) is 0 Å². The molecule has 0 bridgehead atoms. The minimum absolute atomic E-state index is 0.100. The van der Waals surface area contributed by atoms with Gasteiger partial charge in [-0.3, -0.25) is 14.0 Å². The van der Waals surface area contributed by atoms with Gasteiger partial charge in [-0.1, -0.05) is 0 Å². The van der Waals surface area contributed by atoms with Crippen LogP contribution in [0, 0.1) is 0 Å². The Morgan fingerprint density at radius 3 is 1.89 bits per heavy atom. The maximum atomic E-state index is 10.8. The Labute approximate surface area is 109 Å². The zero-order valence-electron chi connectivity index (χ0n) is 10.1. The average molecular weight is 323 g/mol. The second kappa shape index (κ2) is 8.43. The first-order valence-corrected chi connectivity index (χ1v) is 8.81. The molecule has 0 aliphatic carbocycles. The maximum absolute atomic E-state index is 10.8. The molecule has 0 saturated carbocycles. The van der Waals surface area contributed by atoms with Gasteiger partial charge >= 0.3 is 15.2 Å². The summed E-state index contributed by atoms with van der Waals surface area (Å²) in [4.78, 5) is 36.0. The summed E-state index contributed by atoms with van der Waals surface area (Å²) in [6.07, 6.45) is -2.68. The highest BCUT2D eigenvalue weighted by Crippen LogP contribution is 2.40. The number of aliphatic hydroxyl groups is 2. The van der Waals surface area contributed by atoms with E-state index in [2.05, 4.69) is 0 Å². The molecule has 0 saturated heterocycles. The van der Waals surface area contributed by atoms with E-state index in [-0.39, 0.29) is 19.8 Å². The Morgan fingerprint density at radius 1 is 1.05 bits per heavy atom. The number of hydrogen-bond acceptors (Lipinski definition) is 6. The quantitative estimate of drug-likeness (QED) is 0.194. The van der Waals surface area contributed by atoms with Gasteiger partial charge in [-0.15, -0.1) is 0 Å². The molecule has 0 radical (unpaired) electrons. The fourth-order valence-electron chi connectivity index (χ4n) is 1.17. The van der Waals surface area contributed by atoms with Crippen LogP contribution in [0.4, 0.5) is 0 Å². The third-order valence-electron chi connectivity index (χ3n) is 1.84. The van der Waals surface area contributed by atoms with Crippen molar-refractivity contribution in [3.05, 3.63) is 0 Å². The Balaban J connectivity index is 4.20. The highest BCUT2D eigenvalue weighted by molar-refractivity contribution is 7.52. The van der Waals surface area contributed by atoms with Crippen molar-refractivity contribution in [2.75, 3.05) is 38.9 Å². The summed E-state index contributed by atoms with van der Waals surface area (Å²) in [6, 6.07) is 0. The summed E-state index contributed by atoms with van der Waals surface area (Å²) in [5.74, 6) is 0. The fourth-order valence-corrected chi connectivity index (χ4v) is 2.86. The van der Waals surface area contributed by atoms with E-state index in [9.17, 15) is 9.13 Å². The van der Waals surface area contributed by atoms with Gasteiger partial charge in [0.15, 0.2) is 0 Å². The van der Waals surface area contributed by atoms with Crippen LogP contribution in [0.25, 0.3) is 0 Å². The number of nitrogens with zero attached hydrogens (tertiary/aromatic N) is 1. The Bertz CT molecular complexity index is 315. The minimum atomic E-state index is -4.44. The lowest BCUT2D eigenvalue weighted by Gasteiger charge is -2.22. The van der Waals surface area contributed by atoms with Crippen LogP contribution in [0.1, 0.15) is 0 Å². The van der Waals surface area contributed by atoms with Gasteiger partial charge in [-0.25, -0.2) is 0 Å². The summed E-state index contributed by atoms with van der Waals surface area (Å²) in [5, 5.41) is 17.5. The van der Waals surface area contributed by atoms with Gasteiger partial charge < -0.3 is 34.5 Å². The van der Waals surface area contributed by atoms with E-state index in [0.29, 0.717) is 0 Å². The molecule has 0 aromatic heterocycles. The first-order valence-electron chi connectivity index (χ1n) is 5.21. The van der Waals surface area contributed by atoms with Gasteiger partial charge in [0.05, 0.1) is 19.8 Å². The molecule has 0 aromatic carbocycles. The smallest absolute Gasteiger partial charge is 0.339 e. The van der Waals surface area contributed by atoms with Gasteiger partial charge in [-0.05, 0) is 0 Å². The summed E-state index contributed by atoms with van der Waals surface area (Å²) in [7, 11) is -8.89. The monoisotopic (exact) mass is 323 g/mol. The average Bonchev–Trinajstić information content (AvgIpc) is 2.19. The van der Waals surface area contributed by atoms with E-state index in [4.69, 9.17) is 34.5 Å². The zero-order valence-corrected chi connectivity index (χ0v) is 11.9. The standard InChI is InChI=1S/C7H19NO9P2/c9-3-7(10)4-17-2-1-8(5-18(11,12)13)6-19(14,15)16/h7,9-10H,1-6H2,(H2,11,12,13)(H2,14,15,16). The molecular weight excluding hydrogens is 304 g/mol. The number of ether oxygens (including phenoxy) is 1. The molecule has 0 aromatic rings. The molecule has 116 valence electrons. The largest absolute Gasteiger partial charge is 0.394 e. The summed E-state index contributed by atoms with van der Waals surface area (Å²) in [6.45, 7) is -0.906. The van der Waals surface area contributed by atoms with Crippen molar-refractivity contribution in [1.29, 1.82) is 0 Å². The molecule has 0 fully saturated rings. The summed E-state index contributed by atoms with van der Waals surface area (Å²) < 4.78 is 26.5. The van der Waals surface area contributed by atoms with Gasteiger partial charge in [-0.2, -0.15) is 0 Å². The lowest BCUT2D eigenvalue weighted by Crippen LogP contribution is -2.31. The van der Waals surface area contributed by atoms with Crippen LogP contribution in [-0.4, -0.2) is 79.7 Å². The van der Waals surface area contributed by atoms with E-state index in [1.54, 1.807) is 0 Å². The molecule has 0 aliphatic heterocycles. The van der Waals surface area contributed by atoms with Gasteiger partial charge in [0, 0.05) is 6.54 Å². The molecule has 0 amide bonds.